The van der Waals surface area contributed by atoms with Gasteiger partial charge in [-0.25, -0.2) is 33.8 Å². The van der Waals surface area contributed by atoms with Crippen molar-refractivity contribution in [2.24, 2.45) is 0 Å². The van der Waals surface area contributed by atoms with Gasteiger partial charge in [0, 0.05) is 162 Å². The number of carbonyl (C=O) groups is 5. The lowest BCUT2D eigenvalue weighted by atomic mass is 9.99. The fourth-order valence-corrected chi connectivity index (χ4v) is 17.4. The average molecular weight is 1900 g/mol. The number of aromatic nitrogens is 1. The molecule has 3 atom stereocenters. The Hall–Kier alpha value is -10.5. The van der Waals surface area contributed by atoms with Crippen molar-refractivity contribution in [1.29, 1.82) is 0 Å². The molecule has 4 fully saturated rings. The van der Waals surface area contributed by atoms with Crippen LogP contribution in [0.1, 0.15) is 182 Å². The summed E-state index contributed by atoms with van der Waals surface area (Å²) in [7, 11) is 0. The molecule has 7 aromatic carbocycles. The van der Waals surface area contributed by atoms with E-state index < -0.39 is 53.3 Å². The number of nitrogens with two attached hydrogens (primary N) is 1. The number of urea groups is 4. The molecule has 3 unspecified atom stereocenters. The first-order chi connectivity index (χ1) is 62.1. The van der Waals surface area contributed by atoms with Gasteiger partial charge < -0.3 is 66.8 Å². The summed E-state index contributed by atoms with van der Waals surface area (Å²) in [6.45, 7) is 27.7. The highest BCUT2D eigenvalue weighted by molar-refractivity contribution is 9.10. The molecule has 9 amide bonds. The number of quaternary nitrogens is 1. The van der Waals surface area contributed by atoms with Crippen LogP contribution in [-0.4, -0.2) is 175 Å². The maximum atomic E-state index is 13.7. The number of amides is 9. The Balaban J connectivity index is 0.000000216. The highest BCUT2D eigenvalue weighted by Crippen LogP contribution is 2.37. The first-order valence-electron chi connectivity index (χ1n) is 44.8. The summed E-state index contributed by atoms with van der Waals surface area (Å²) in [6, 6.07) is 50.5. The number of piperidine rings is 4. The van der Waals surface area contributed by atoms with E-state index in [0.29, 0.717) is 85.0 Å². The normalized spacial score (nSPS) is 15.9. The first kappa shape index (κ1) is 106. The third-order valence-corrected chi connectivity index (χ3v) is 24.8. The van der Waals surface area contributed by atoms with Gasteiger partial charge in [0.2, 0.25) is 5.91 Å². The number of carbonyl (C=O) groups excluding carboxylic acids is 5. The molecule has 0 saturated carbocycles. The zero-order chi connectivity index (χ0) is 94.1. The number of hydrogen-bond donors (Lipinski definition) is 8. The Morgan fingerprint density at radius 2 is 0.924 bits per heavy atom. The summed E-state index contributed by atoms with van der Waals surface area (Å²) >= 11 is 3.48. The molecule has 0 bridgehead atoms. The van der Waals surface area contributed by atoms with Gasteiger partial charge in [-0.1, -0.05) is 162 Å². The van der Waals surface area contributed by atoms with Crippen LogP contribution in [0.2, 0.25) is 0 Å². The molecule has 22 nitrogen and oxygen atoms in total. The van der Waals surface area contributed by atoms with E-state index in [9.17, 15) is 67.9 Å². The predicted molar refractivity (Wildman–Crippen MR) is 497 cm³/mol. The standard InChI is InChI=1S/C29H37F3N4O2.C25H33F3N4O2.C24H33BrN4O.C20H21F4N3O.H2O/c1-4-9-21(3)35-16-14-26(15-17-35)36(20-23-11-7-6-10-22(23)19-33-27(37)5-2)28(38)34-25-13-8-12-24(18-25)29(30,31)32;1-3-7-18(2)31-14-12-21(13-15-31)32(17-19-8-5-4-6-9-19)24(33)29-20-10-11-23(30-34)22(16-20)25(26,27)28;1-4-8-19(3)28-15-13-21(14-16-28)29(17-20-9-6-5-7-10-20)24(30)27-22-12-11-18(2)26-23(22)25;21-18-7-2-1-4-14(18)13-27-10-8-16(9-11-27)25-19(28)26-17-6-3-5-15(12-17)20(22,23)24;/h5-8,10-13,18,21,26H,2,4,9,14-17,19-20H2,1,3H3,(H,33,37)(H,34,38);4-6,8-11,16,18,21,30,34H,3,7,12-15,17H2,1-2H3,(H,29,33);5-7,9-12,19,21H,4,8,13-17H2,1-3H3,(H,27,30);1-7,12,16H,8-11,13H2,(H2,25,26,28);1H2/p+1. The predicted octanol–water partition coefficient (Wildman–Crippen LogP) is 20.8. The maximum Gasteiger partial charge on any atom is 0.422 e. The van der Waals surface area contributed by atoms with Gasteiger partial charge in [0.25, 0.3) is 0 Å². The van der Waals surface area contributed by atoms with E-state index in [1.165, 1.54) is 55.3 Å². The highest BCUT2D eigenvalue weighted by atomic mass is 79.9. The SMILES string of the molecule is C=CC(=O)NCc1ccccc1CN(C(=O)Nc1cccc(C(F)(F)F)c1)C1CCN(C(C)CCC)CC1.CCCC(C)N1CCC(N(Cc2ccccc2)C(=O)Nc2ccc(C)nc2Br)CC1.CCCC(C)N1CCC(N(Cc2ccccc2)C(=O)Nc2ccc([NH2+]O)c(C(F)(F)F)c2)CC1.O.O=C(Nc1cccc(C(F)(F)F)c1)NC1CCN(Cc2ccccc2F)CC1. The van der Waals surface area contributed by atoms with Gasteiger partial charge in [0.15, 0.2) is 5.69 Å². The van der Waals surface area contributed by atoms with Crippen molar-refractivity contribution >= 4 is 74.4 Å². The molecule has 11 N–H and O–H groups in total. The van der Waals surface area contributed by atoms with Crippen LogP contribution in [0.15, 0.2) is 205 Å². The van der Waals surface area contributed by atoms with Gasteiger partial charge in [-0.2, -0.15) is 45.0 Å². The lowest BCUT2D eigenvalue weighted by Crippen LogP contribution is -2.74. The van der Waals surface area contributed by atoms with Crippen LogP contribution in [0.25, 0.3) is 0 Å². The molecule has 4 aliphatic rings. The Morgan fingerprint density at radius 3 is 1.35 bits per heavy atom. The highest BCUT2D eigenvalue weighted by Gasteiger charge is 2.39. The Bertz CT molecular complexity index is 4880. The topological polar surface area (TPSA) is 261 Å². The number of rotatable bonds is 29. The first-order valence-corrected chi connectivity index (χ1v) is 45.6. The van der Waals surface area contributed by atoms with Gasteiger partial charge in [0.05, 0.1) is 16.8 Å². The summed E-state index contributed by atoms with van der Waals surface area (Å²) in [5.41, 5.74) is 3.74. The van der Waals surface area contributed by atoms with E-state index in [4.69, 9.17) is 5.21 Å². The van der Waals surface area contributed by atoms with Gasteiger partial charge in [-0.3, -0.25) is 9.69 Å². The van der Waals surface area contributed by atoms with E-state index >= 15 is 0 Å². The molecule has 8 aromatic rings. The minimum absolute atomic E-state index is 0. The number of pyridine rings is 1. The summed E-state index contributed by atoms with van der Waals surface area (Å²) < 4.78 is 132. The number of likely N-dealkylation sites (tertiary alicyclic amines) is 4. The van der Waals surface area contributed by atoms with E-state index in [0.717, 1.165) is 168 Å². The summed E-state index contributed by atoms with van der Waals surface area (Å²) in [5, 5.41) is 25.6. The molecule has 4 saturated heterocycles. The second-order valence-electron chi connectivity index (χ2n) is 33.7. The number of anilines is 4. The average Bonchev–Trinajstić information content (AvgIpc) is 0.804. The molecular weight excluding hydrogens is 1770 g/mol. The molecule has 33 heteroatoms. The van der Waals surface area contributed by atoms with Crippen molar-refractivity contribution in [2.75, 3.05) is 73.6 Å². The van der Waals surface area contributed by atoms with Crippen LogP contribution in [0.3, 0.4) is 0 Å². The van der Waals surface area contributed by atoms with Crippen LogP contribution in [-0.2, 0) is 56.0 Å². The second-order valence-corrected chi connectivity index (χ2v) is 34.4. The number of nitrogens with one attached hydrogen (secondary N) is 6. The maximum absolute atomic E-state index is 13.7. The van der Waals surface area contributed by atoms with E-state index in [-0.39, 0.29) is 83.2 Å². The number of alkyl halides is 9. The molecule has 5 heterocycles. The van der Waals surface area contributed by atoms with Crippen LogP contribution >= 0.6 is 15.9 Å². The molecule has 712 valence electrons. The van der Waals surface area contributed by atoms with Gasteiger partial charge in [0.1, 0.15) is 16.0 Å². The second kappa shape index (κ2) is 52.1. The van der Waals surface area contributed by atoms with Crippen molar-refractivity contribution in [3.63, 3.8) is 0 Å². The molecule has 1 aromatic heterocycles. The molecule has 0 radical (unpaired) electrons. The Labute approximate surface area is 771 Å². The third-order valence-electron chi connectivity index (χ3n) is 24.2. The molecule has 4 aliphatic heterocycles. The van der Waals surface area contributed by atoms with Gasteiger partial charge in [-0.05, 0) is 209 Å². The molecule has 0 spiro atoms. The lowest BCUT2D eigenvalue weighted by molar-refractivity contribution is -0.826. The van der Waals surface area contributed by atoms with E-state index in [1.54, 1.807) is 28.0 Å². The number of nitrogens with zero attached hydrogens (tertiary/aromatic N) is 8. The monoisotopic (exact) mass is 1890 g/mol. The van der Waals surface area contributed by atoms with Gasteiger partial charge in [-0.15, -0.1) is 0 Å². The van der Waals surface area contributed by atoms with Crippen molar-refractivity contribution < 1.29 is 84.0 Å². The Kier molecular flexibility index (Phi) is 42.1. The minimum Gasteiger partial charge on any atom is -0.412 e. The number of aryl methyl sites for hydroxylation is 1. The van der Waals surface area contributed by atoms with Crippen LogP contribution in [0, 0.1) is 12.7 Å². The lowest BCUT2D eigenvalue weighted by Gasteiger charge is -2.41. The Morgan fingerprint density at radius 1 is 0.504 bits per heavy atom. The van der Waals surface area contributed by atoms with Gasteiger partial charge >= 0.3 is 42.7 Å². The van der Waals surface area contributed by atoms with Crippen molar-refractivity contribution in [2.45, 2.75) is 232 Å². The number of benzene rings is 7. The zero-order valence-electron chi connectivity index (χ0n) is 75.6. The fourth-order valence-electron chi connectivity index (χ4n) is 16.9. The molecular formula is C98H127BrF10N15O7+. The van der Waals surface area contributed by atoms with Crippen molar-refractivity contribution in [1.82, 2.24) is 49.9 Å². The fraction of sp³-hybridized carbons (Fsp3) is 0.449. The van der Waals surface area contributed by atoms with Crippen LogP contribution < -0.4 is 37.4 Å². The molecule has 12 rings (SSSR count). The number of halogens is 11. The smallest absolute Gasteiger partial charge is 0.412 e. The van der Waals surface area contributed by atoms with Crippen LogP contribution in [0.5, 0.6) is 0 Å². The summed E-state index contributed by atoms with van der Waals surface area (Å²) in [4.78, 5) is 83.4. The van der Waals surface area contributed by atoms with Crippen LogP contribution in [0.4, 0.5) is 91.5 Å². The van der Waals surface area contributed by atoms with Crippen molar-refractivity contribution in [3.05, 3.63) is 261 Å². The zero-order valence-corrected chi connectivity index (χ0v) is 77.2. The largest absolute Gasteiger partial charge is 0.422 e. The summed E-state index contributed by atoms with van der Waals surface area (Å²) in [6.07, 6.45) is 0.995. The molecule has 0 aliphatic carbocycles. The third kappa shape index (κ3) is 33.6. The van der Waals surface area contributed by atoms with E-state index in [1.807, 2.05) is 96.8 Å². The molecule has 131 heavy (non-hydrogen) atoms. The van der Waals surface area contributed by atoms with E-state index in [2.05, 4.69) is 133 Å². The number of hydrogen-bond acceptors (Lipinski definition) is 11. The van der Waals surface area contributed by atoms with Crippen molar-refractivity contribution in [3.8, 4) is 0 Å². The minimum atomic E-state index is -4.65. The quantitative estimate of drug-likeness (QED) is 0.00719. The summed E-state index contributed by atoms with van der Waals surface area (Å²) in [5.74, 6) is -0.532.